The van der Waals surface area contributed by atoms with Crippen LogP contribution in [0.1, 0.15) is 23.1 Å². The van der Waals surface area contributed by atoms with Crippen molar-refractivity contribution in [1.82, 2.24) is 14.8 Å². The Morgan fingerprint density at radius 2 is 2.28 bits per heavy atom. The molecule has 0 radical (unpaired) electrons. The maximum absolute atomic E-state index is 11.5. The number of carbonyl (C=O) groups is 1. The molecule has 1 fully saturated rings. The summed E-state index contributed by atoms with van der Waals surface area (Å²) in [5.74, 6) is 0. The first kappa shape index (κ1) is 12.6. The highest BCUT2D eigenvalue weighted by molar-refractivity contribution is 5.70. The zero-order valence-corrected chi connectivity index (χ0v) is 9.15. The number of ether oxygens (including phenoxy) is 1. The molecule has 9 heteroatoms. The lowest BCUT2D eigenvalue weighted by atomic mass is 10.2. The number of rotatable bonds is 3. The van der Waals surface area contributed by atoms with Gasteiger partial charge in [-0.3, -0.25) is 14.6 Å². The van der Waals surface area contributed by atoms with Crippen LogP contribution in [0.4, 0.5) is 0 Å². The lowest BCUT2D eigenvalue weighted by molar-refractivity contribution is -0.0507. The number of carbonyl (C=O) groups excluding carboxylic acids is 1. The van der Waals surface area contributed by atoms with Gasteiger partial charge in [-0.05, 0) is 0 Å². The standard InChI is InChI=1S/C9H11N3O6/c13-2-4-8(16)10-9(17)12(11-4)7-1-5(15)6(3-14)18-7/h2,5-7,14-15H,1,3H2,(H,10,16,17). The molecule has 0 saturated carbocycles. The van der Waals surface area contributed by atoms with E-state index in [0.29, 0.717) is 0 Å². The first-order chi connectivity index (χ1) is 8.56. The van der Waals surface area contributed by atoms with E-state index in [1.165, 1.54) is 0 Å². The molecule has 1 saturated heterocycles. The SMILES string of the molecule is O=Cc1nn(C2CC(O)C(CO)O2)c(=O)[nH]c1=O. The Hall–Kier alpha value is -1.84. The molecule has 3 atom stereocenters. The second-order valence-corrected chi connectivity index (χ2v) is 3.82. The first-order valence-electron chi connectivity index (χ1n) is 5.19. The van der Waals surface area contributed by atoms with Crippen molar-refractivity contribution in [3.8, 4) is 0 Å². The third-order valence-corrected chi connectivity index (χ3v) is 2.65. The molecule has 2 rings (SSSR count). The highest BCUT2D eigenvalue weighted by Crippen LogP contribution is 2.26. The Balaban J connectivity index is 2.38. The number of aliphatic hydroxyl groups is 2. The zero-order valence-electron chi connectivity index (χ0n) is 9.15. The van der Waals surface area contributed by atoms with Crippen LogP contribution in [0.2, 0.25) is 0 Å². The van der Waals surface area contributed by atoms with Crippen LogP contribution in [0.3, 0.4) is 0 Å². The summed E-state index contributed by atoms with van der Waals surface area (Å²) in [5.41, 5.74) is -2.19. The highest BCUT2D eigenvalue weighted by atomic mass is 16.5. The van der Waals surface area contributed by atoms with E-state index in [1.54, 1.807) is 0 Å². The van der Waals surface area contributed by atoms with Gasteiger partial charge in [0.25, 0.3) is 5.56 Å². The van der Waals surface area contributed by atoms with Crippen LogP contribution in [0.5, 0.6) is 0 Å². The van der Waals surface area contributed by atoms with Crippen molar-refractivity contribution in [2.75, 3.05) is 6.61 Å². The molecule has 18 heavy (non-hydrogen) atoms. The Bertz CT molecular complexity index is 564. The molecule has 3 N–H and O–H groups in total. The highest BCUT2D eigenvalue weighted by Gasteiger charge is 2.35. The van der Waals surface area contributed by atoms with Gasteiger partial charge in [0.2, 0.25) is 0 Å². The number of hydrogen-bond donors (Lipinski definition) is 3. The van der Waals surface area contributed by atoms with Crippen LogP contribution in [0.15, 0.2) is 9.59 Å². The van der Waals surface area contributed by atoms with Crippen molar-refractivity contribution in [2.45, 2.75) is 24.9 Å². The average molecular weight is 257 g/mol. The fraction of sp³-hybridized carbons (Fsp3) is 0.556. The van der Waals surface area contributed by atoms with Crippen molar-refractivity contribution >= 4 is 6.29 Å². The maximum atomic E-state index is 11.5. The Morgan fingerprint density at radius 3 is 2.83 bits per heavy atom. The van der Waals surface area contributed by atoms with Crippen molar-refractivity contribution in [2.24, 2.45) is 0 Å². The Kier molecular flexibility index (Phi) is 3.36. The summed E-state index contributed by atoms with van der Waals surface area (Å²) in [4.78, 5) is 35.1. The monoisotopic (exact) mass is 257 g/mol. The maximum Gasteiger partial charge on any atom is 0.347 e. The number of aliphatic hydroxyl groups excluding tert-OH is 2. The van der Waals surface area contributed by atoms with E-state index in [0.717, 1.165) is 4.68 Å². The molecule has 0 bridgehead atoms. The average Bonchev–Trinajstić information content (AvgIpc) is 2.70. The van der Waals surface area contributed by atoms with Crippen LogP contribution in [0.25, 0.3) is 0 Å². The molecule has 98 valence electrons. The zero-order chi connectivity index (χ0) is 13.3. The van der Waals surface area contributed by atoms with Crippen LogP contribution < -0.4 is 11.2 Å². The number of aromatic nitrogens is 3. The van der Waals surface area contributed by atoms with Crippen LogP contribution in [-0.2, 0) is 4.74 Å². The number of H-pyrrole nitrogens is 1. The van der Waals surface area contributed by atoms with Gasteiger partial charge in [-0.2, -0.15) is 9.78 Å². The van der Waals surface area contributed by atoms with Crippen molar-refractivity contribution in [3.63, 3.8) is 0 Å². The molecule has 1 aromatic rings. The first-order valence-corrected chi connectivity index (χ1v) is 5.19. The molecule has 0 spiro atoms. The van der Waals surface area contributed by atoms with E-state index in [2.05, 4.69) is 5.10 Å². The lowest BCUT2D eigenvalue weighted by Crippen LogP contribution is -2.37. The van der Waals surface area contributed by atoms with E-state index in [4.69, 9.17) is 9.84 Å². The van der Waals surface area contributed by atoms with Gasteiger partial charge < -0.3 is 14.9 Å². The van der Waals surface area contributed by atoms with Gasteiger partial charge in [-0.1, -0.05) is 0 Å². The van der Waals surface area contributed by atoms with Gasteiger partial charge in [-0.15, -0.1) is 0 Å². The molecule has 0 aliphatic carbocycles. The summed E-state index contributed by atoms with van der Waals surface area (Å²) in [6.45, 7) is -0.406. The summed E-state index contributed by atoms with van der Waals surface area (Å²) in [6, 6.07) is 0. The molecular weight excluding hydrogens is 246 g/mol. The third kappa shape index (κ3) is 2.10. The summed E-state index contributed by atoms with van der Waals surface area (Å²) in [6.07, 6.45) is -2.46. The quantitative estimate of drug-likeness (QED) is 0.505. The number of aromatic amines is 1. The molecule has 1 aliphatic rings. The molecule has 1 aliphatic heterocycles. The minimum atomic E-state index is -0.944. The number of nitrogens with one attached hydrogen (secondary N) is 1. The van der Waals surface area contributed by atoms with Crippen LogP contribution in [0, 0.1) is 0 Å². The van der Waals surface area contributed by atoms with Gasteiger partial charge in [0.15, 0.2) is 18.2 Å². The topological polar surface area (TPSA) is 135 Å². The minimum Gasteiger partial charge on any atom is -0.394 e. The number of nitrogens with zero attached hydrogens (tertiary/aromatic N) is 2. The summed E-state index contributed by atoms with van der Waals surface area (Å²) in [5, 5.41) is 22.0. The van der Waals surface area contributed by atoms with Gasteiger partial charge in [-0.25, -0.2) is 4.79 Å². The molecular formula is C9H11N3O6. The lowest BCUT2D eigenvalue weighted by Gasteiger charge is -2.12. The molecule has 2 heterocycles. The number of aldehydes is 1. The van der Waals surface area contributed by atoms with E-state index < -0.39 is 42.0 Å². The van der Waals surface area contributed by atoms with E-state index >= 15 is 0 Å². The van der Waals surface area contributed by atoms with Gasteiger partial charge in [0.1, 0.15) is 6.10 Å². The largest absolute Gasteiger partial charge is 0.394 e. The van der Waals surface area contributed by atoms with Crippen molar-refractivity contribution in [3.05, 3.63) is 26.5 Å². The summed E-state index contributed by atoms with van der Waals surface area (Å²) >= 11 is 0. The Morgan fingerprint density at radius 1 is 1.56 bits per heavy atom. The Labute approximate surface area is 99.6 Å². The molecule has 9 nitrogen and oxygen atoms in total. The van der Waals surface area contributed by atoms with Crippen molar-refractivity contribution < 1.29 is 19.7 Å². The number of hydrogen-bond acceptors (Lipinski definition) is 7. The van der Waals surface area contributed by atoms with Crippen LogP contribution >= 0.6 is 0 Å². The molecule has 0 aromatic carbocycles. The molecule has 0 amide bonds. The van der Waals surface area contributed by atoms with Crippen molar-refractivity contribution in [1.29, 1.82) is 0 Å². The molecule has 1 aromatic heterocycles. The predicted octanol–water partition coefficient (Wildman–Crippen LogP) is -2.62. The van der Waals surface area contributed by atoms with E-state index in [9.17, 15) is 19.5 Å². The van der Waals surface area contributed by atoms with Crippen LogP contribution in [-0.4, -0.2) is 50.1 Å². The summed E-state index contributed by atoms with van der Waals surface area (Å²) < 4.78 is 5.96. The third-order valence-electron chi connectivity index (χ3n) is 2.65. The normalized spacial score (nSPS) is 27.3. The second-order valence-electron chi connectivity index (χ2n) is 3.82. The fourth-order valence-electron chi connectivity index (χ4n) is 1.73. The van der Waals surface area contributed by atoms with Gasteiger partial charge >= 0.3 is 5.69 Å². The summed E-state index contributed by atoms with van der Waals surface area (Å²) in [7, 11) is 0. The van der Waals surface area contributed by atoms with Gasteiger partial charge in [0, 0.05) is 6.42 Å². The predicted molar refractivity (Wildman–Crippen MR) is 56.1 cm³/mol. The van der Waals surface area contributed by atoms with Gasteiger partial charge in [0.05, 0.1) is 12.7 Å². The van der Waals surface area contributed by atoms with E-state index in [1.807, 2.05) is 4.98 Å². The smallest absolute Gasteiger partial charge is 0.347 e. The van der Waals surface area contributed by atoms with E-state index in [-0.39, 0.29) is 12.7 Å². The minimum absolute atomic E-state index is 0.0302. The fourth-order valence-corrected chi connectivity index (χ4v) is 1.73. The molecule has 3 unspecified atom stereocenters. The second kappa shape index (κ2) is 4.80.